The van der Waals surface area contributed by atoms with Crippen LogP contribution in [0.1, 0.15) is 24.4 Å². The summed E-state index contributed by atoms with van der Waals surface area (Å²) in [5, 5.41) is 0. The molecule has 3 aliphatic heterocycles. The van der Waals surface area contributed by atoms with Crippen molar-refractivity contribution in [2.75, 3.05) is 65.4 Å². The second kappa shape index (κ2) is 9.19. The smallest absolute Gasteiger partial charge is 0.231 e. The summed E-state index contributed by atoms with van der Waals surface area (Å²) >= 11 is 0. The summed E-state index contributed by atoms with van der Waals surface area (Å²) in [6, 6.07) is 3.55. The van der Waals surface area contributed by atoms with Crippen LogP contribution in [0.5, 0.6) is 0 Å². The van der Waals surface area contributed by atoms with Gasteiger partial charge in [0.15, 0.2) is 0 Å². The summed E-state index contributed by atoms with van der Waals surface area (Å²) in [6.07, 6.45) is 0.950. The normalized spacial score (nSPS) is 29.6. The van der Waals surface area contributed by atoms with E-state index in [2.05, 4.69) is 4.90 Å². The van der Waals surface area contributed by atoms with E-state index in [4.69, 9.17) is 13.9 Å². The average molecular weight is 456 g/mol. The second-order valence-corrected chi connectivity index (χ2v) is 10.8. The molecule has 0 radical (unpaired) electrons. The van der Waals surface area contributed by atoms with Crippen LogP contribution in [-0.4, -0.2) is 99.9 Å². The molecule has 174 valence electrons. The summed E-state index contributed by atoms with van der Waals surface area (Å²) in [5.74, 6) is 1.76. The Bertz CT molecular complexity index is 881. The van der Waals surface area contributed by atoms with Crippen molar-refractivity contribution in [2.24, 2.45) is 5.41 Å². The number of sulfonamides is 1. The first-order valence-electron chi connectivity index (χ1n) is 11.0. The van der Waals surface area contributed by atoms with Gasteiger partial charge in [-0.05, 0) is 31.9 Å². The van der Waals surface area contributed by atoms with Gasteiger partial charge in [-0.3, -0.25) is 9.69 Å². The minimum atomic E-state index is -3.42. The van der Waals surface area contributed by atoms with Crippen molar-refractivity contribution in [3.8, 4) is 0 Å². The molecule has 0 aliphatic carbocycles. The summed E-state index contributed by atoms with van der Waals surface area (Å²) in [4.78, 5) is 18.0. The number of fused-ring (bicyclic) bond motifs is 1. The summed E-state index contributed by atoms with van der Waals surface area (Å²) in [6.45, 7) is 6.49. The number of rotatable bonds is 6. The molecule has 2 atom stereocenters. The summed E-state index contributed by atoms with van der Waals surface area (Å²) < 4.78 is 43.9. The lowest BCUT2D eigenvalue weighted by Crippen LogP contribution is -2.69. The SMILES string of the molecule is COCCN1[C@@H]2CCN(Cc3ccc(C)o3)C[C@@]2(C(=O)N2CCOCC2)CCS1(=O)=O. The number of aryl methyl sites for hydroxylation is 1. The number of methoxy groups -OCH3 is 1. The Morgan fingerprint density at radius 1 is 1.26 bits per heavy atom. The van der Waals surface area contributed by atoms with E-state index >= 15 is 0 Å². The molecule has 0 bridgehead atoms. The van der Waals surface area contributed by atoms with Crippen LogP contribution in [0.4, 0.5) is 0 Å². The number of amides is 1. The molecular weight excluding hydrogens is 422 g/mol. The van der Waals surface area contributed by atoms with Crippen molar-refractivity contribution in [1.82, 2.24) is 14.1 Å². The van der Waals surface area contributed by atoms with E-state index in [9.17, 15) is 13.2 Å². The first kappa shape index (κ1) is 22.7. The summed E-state index contributed by atoms with van der Waals surface area (Å²) in [7, 11) is -1.85. The molecule has 3 saturated heterocycles. The molecule has 0 spiro atoms. The average Bonchev–Trinajstić information content (AvgIpc) is 3.17. The molecule has 1 aromatic heterocycles. The molecular formula is C21H33N3O6S. The lowest BCUT2D eigenvalue weighted by atomic mass is 9.71. The lowest BCUT2D eigenvalue weighted by molar-refractivity contribution is -0.156. The Kier molecular flexibility index (Phi) is 6.73. The molecule has 0 saturated carbocycles. The molecule has 0 N–H and O–H groups in total. The van der Waals surface area contributed by atoms with E-state index in [1.54, 1.807) is 11.4 Å². The highest BCUT2D eigenvalue weighted by molar-refractivity contribution is 7.89. The molecule has 4 heterocycles. The Labute approximate surface area is 184 Å². The topological polar surface area (TPSA) is 92.5 Å². The standard InChI is InChI=1S/C21H33N3O6S/c1-17-3-4-18(30-17)15-22-7-5-19-21(16-22,20(25)23-8-12-29-13-9-23)6-14-31(26,27)24(19)10-11-28-2/h3-4,19H,5-16H2,1-2H3/t19-,21+/m1/s1. The number of morpholine rings is 1. The highest BCUT2D eigenvalue weighted by Crippen LogP contribution is 2.44. The lowest BCUT2D eigenvalue weighted by Gasteiger charge is -2.54. The molecule has 0 unspecified atom stereocenters. The molecule has 0 aromatic carbocycles. The number of hydrogen-bond acceptors (Lipinski definition) is 7. The van der Waals surface area contributed by atoms with Crippen molar-refractivity contribution in [3.05, 3.63) is 23.7 Å². The molecule has 1 aromatic rings. The second-order valence-electron chi connectivity index (χ2n) is 8.76. The number of ether oxygens (including phenoxy) is 2. The van der Waals surface area contributed by atoms with Crippen LogP contribution in [0.2, 0.25) is 0 Å². The van der Waals surface area contributed by atoms with E-state index in [-0.39, 0.29) is 24.2 Å². The van der Waals surface area contributed by atoms with Gasteiger partial charge >= 0.3 is 0 Å². The van der Waals surface area contributed by atoms with Crippen LogP contribution in [0.25, 0.3) is 0 Å². The van der Waals surface area contributed by atoms with Crippen LogP contribution in [0.3, 0.4) is 0 Å². The van der Waals surface area contributed by atoms with Gasteiger partial charge in [-0.25, -0.2) is 8.42 Å². The van der Waals surface area contributed by atoms with E-state index in [1.165, 1.54) is 0 Å². The number of carbonyl (C=O) groups excluding carboxylic acids is 1. The third-order valence-corrected chi connectivity index (χ3v) is 8.66. The first-order valence-corrected chi connectivity index (χ1v) is 12.6. The number of hydrogen-bond donors (Lipinski definition) is 0. The van der Waals surface area contributed by atoms with Gasteiger partial charge in [0.25, 0.3) is 0 Å². The van der Waals surface area contributed by atoms with Crippen LogP contribution in [0.15, 0.2) is 16.5 Å². The van der Waals surface area contributed by atoms with Gasteiger partial charge < -0.3 is 18.8 Å². The monoisotopic (exact) mass is 455 g/mol. The fourth-order valence-electron chi connectivity index (χ4n) is 5.25. The number of carbonyl (C=O) groups is 1. The zero-order valence-corrected chi connectivity index (χ0v) is 19.2. The highest BCUT2D eigenvalue weighted by atomic mass is 32.2. The van der Waals surface area contributed by atoms with E-state index in [1.807, 2.05) is 24.0 Å². The predicted octanol–water partition coefficient (Wildman–Crippen LogP) is 0.689. The van der Waals surface area contributed by atoms with E-state index in [0.717, 1.165) is 11.5 Å². The van der Waals surface area contributed by atoms with Gasteiger partial charge in [0, 0.05) is 45.9 Å². The molecule has 3 fully saturated rings. The predicted molar refractivity (Wildman–Crippen MR) is 114 cm³/mol. The van der Waals surface area contributed by atoms with Crippen LogP contribution < -0.4 is 0 Å². The quantitative estimate of drug-likeness (QED) is 0.623. The highest BCUT2D eigenvalue weighted by Gasteiger charge is 2.58. The Hall–Kier alpha value is -1.46. The molecule has 4 rings (SSSR count). The molecule has 3 aliphatic rings. The third-order valence-electron chi connectivity index (χ3n) is 6.79. The first-order chi connectivity index (χ1) is 14.9. The zero-order chi connectivity index (χ0) is 22.1. The van der Waals surface area contributed by atoms with E-state index < -0.39 is 15.4 Å². The van der Waals surface area contributed by atoms with Crippen molar-refractivity contribution in [1.29, 1.82) is 0 Å². The van der Waals surface area contributed by atoms with Gasteiger partial charge in [-0.15, -0.1) is 0 Å². The maximum atomic E-state index is 13.9. The van der Waals surface area contributed by atoms with Crippen molar-refractivity contribution in [2.45, 2.75) is 32.4 Å². The number of piperidine rings is 1. The van der Waals surface area contributed by atoms with Crippen LogP contribution in [-0.2, 0) is 30.8 Å². The van der Waals surface area contributed by atoms with Gasteiger partial charge in [0.05, 0.1) is 37.5 Å². The maximum absolute atomic E-state index is 13.9. The Morgan fingerprint density at radius 3 is 2.71 bits per heavy atom. The maximum Gasteiger partial charge on any atom is 0.231 e. The minimum absolute atomic E-state index is 0.0169. The van der Waals surface area contributed by atoms with E-state index in [0.29, 0.717) is 65.4 Å². The Balaban J connectivity index is 1.64. The fraction of sp³-hybridized carbons (Fsp3) is 0.762. The minimum Gasteiger partial charge on any atom is -0.465 e. The summed E-state index contributed by atoms with van der Waals surface area (Å²) in [5.41, 5.74) is -0.768. The van der Waals surface area contributed by atoms with Gasteiger partial charge in [-0.1, -0.05) is 0 Å². The fourth-order valence-corrected chi connectivity index (χ4v) is 7.16. The molecule has 9 nitrogen and oxygen atoms in total. The number of furan rings is 1. The van der Waals surface area contributed by atoms with Crippen LogP contribution in [0, 0.1) is 12.3 Å². The van der Waals surface area contributed by atoms with Crippen molar-refractivity contribution < 1.29 is 27.1 Å². The number of likely N-dealkylation sites (tertiary alicyclic amines) is 1. The van der Waals surface area contributed by atoms with Gasteiger partial charge in [0.1, 0.15) is 11.5 Å². The van der Waals surface area contributed by atoms with Gasteiger partial charge in [-0.2, -0.15) is 4.31 Å². The third kappa shape index (κ3) is 4.54. The largest absolute Gasteiger partial charge is 0.465 e. The molecule has 1 amide bonds. The van der Waals surface area contributed by atoms with Crippen molar-refractivity contribution >= 4 is 15.9 Å². The Morgan fingerprint density at radius 2 is 2.03 bits per heavy atom. The van der Waals surface area contributed by atoms with Gasteiger partial charge in [0.2, 0.25) is 15.9 Å². The zero-order valence-electron chi connectivity index (χ0n) is 18.4. The molecule has 31 heavy (non-hydrogen) atoms. The molecule has 10 heteroatoms. The van der Waals surface area contributed by atoms with Crippen LogP contribution >= 0.6 is 0 Å². The number of nitrogens with zero attached hydrogens (tertiary/aromatic N) is 3. The van der Waals surface area contributed by atoms with Crippen molar-refractivity contribution in [3.63, 3.8) is 0 Å².